The van der Waals surface area contributed by atoms with Gasteiger partial charge in [0.05, 0.1) is 35.5 Å². The van der Waals surface area contributed by atoms with Crippen LogP contribution in [0.15, 0.2) is 70.7 Å². The number of carbonyl (C=O) groups is 3. The summed E-state index contributed by atoms with van der Waals surface area (Å²) in [5.41, 5.74) is 0.332. The van der Waals surface area contributed by atoms with Crippen LogP contribution in [0.5, 0.6) is 17.2 Å². The van der Waals surface area contributed by atoms with Gasteiger partial charge in [0.1, 0.15) is 17.4 Å². The van der Waals surface area contributed by atoms with E-state index in [0.717, 1.165) is 0 Å². The van der Waals surface area contributed by atoms with Crippen molar-refractivity contribution < 1.29 is 33.7 Å². The minimum absolute atomic E-state index is 0.0516. The predicted octanol–water partition coefficient (Wildman–Crippen LogP) is 4.93. The van der Waals surface area contributed by atoms with Crippen LogP contribution in [0.3, 0.4) is 0 Å². The maximum Gasteiger partial charge on any atom is 0.343 e. The van der Waals surface area contributed by atoms with Crippen LogP contribution in [0.1, 0.15) is 26.3 Å². The number of rotatable bonds is 8. The van der Waals surface area contributed by atoms with Crippen molar-refractivity contribution in [2.75, 3.05) is 19.5 Å². The minimum atomic E-state index is -1.22. The van der Waals surface area contributed by atoms with Crippen LogP contribution in [0, 0.1) is 11.3 Å². The number of para-hydroxylation sites is 1. The molecule has 0 aromatic heterocycles. The molecule has 0 saturated heterocycles. The van der Waals surface area contributed by atoms with Crippen LogP contribution in [-0.4, -0.2) is 37.2 Å². The molecule has 9 nitrogen and oxygen atoms in total. The molecule has 0 aliphatic rings. The summed E-state index contributed by atoms with van der Waals surface area (Å²) in [6, 6.07) is 17.0. The minimum Gasteiger partial charge on any atom is -0.497 e. The molecular weight excluding hydrogens is 532 g/mol. The van der Waals surface area contributed by atoms with E-state index in [1.54, 1.807) is 36.4 Å². The summed E-state index contributed by atoms with van der Waals surface area (Å²) in [5.74, 6) is -1.78. The molecule has 2 N–H and O–H groups in total. The molecule has 0 fully saturated rings. The quantitative estimate of drug-likeness (QED) is 0.174. The number of nitrogens with zero attached hydrogens (tertiary/aromatic N) is 1. The molecule has 3 aromatic rings. The molecule has 10 heteroatoms. The number of hydrogen-bond acceptors (Lipinski definition) is 7. The zero-order valence-electron chi connectivity index (χ0n) is 19.1. The van der Waals surface area contributed by atoms with Gasteiger partial charge in [0.2, 0.25) is 0 Å². The van der Waals surface area contributed by atoms with Crippen molar-refractivity contribution in [1.82, 2.24) is 0 Å². The average molecular weight is 551 g/mol. The molecule has 182 valence electrons. The Morgan fingerprint density at radius 2 is 1.72 bits per heavy atom. The van der Waals surface area contributed by atoms with Gasteiger partial charge in [-0.3, -0.25) is 4.79 Å². The topological polar surface area (TPSA) is 135 Å². The van der Waals surface area contributed by atoms with E-state index in [1.807, 2.05) is 0 Å². The normalized spacial score (nSPS) is 10.7. The number of benzene rings is 3. The van der Waals surface area contributed by atoms with Gasteiger partial charge >= 0.3 is 11.9 Å². The lowest BCUT2D eigenvalue weighted by Crippen LogP contribution is -2.16. The van der Waals surface area contributed by atoms with Crippen LogP contribution >= 0.6 is 15.9 Å². The molecule has 0 radical (unpaired) electrons. The number of ether oxygens (including phenoxy) is 3. The number of hydrogen-bond donors (Lipinski definition) is 2. The van der Waals surface area contributed by atoms with Crippen molar-refractivity contribution in [3.05, 3.63) is 87.4 Å². The number of carboxylic acid groups (broad SMARTS) is 1. The van der Waals surface area contributed by atoms with Gasteiger partial charge in [-0.2, -0.15) is 5.26 Å². The Hall–Kier alpha value is -4.62. The Balaban J connectivity index is 1.87. The summed E-state index contributed by atoms with van der Waals surface area (Å²) in [5, 5.41) is 21.3. The SMILES string of the molecule is COc1ccc(C(=O)Oc2c(Br)cc(/C=C(\C#N)C(=O)Nc3ccccc3C(=O)O)cc2OC)cc1. The standard InChI is InChI=1S/C26H19BrN2O7/c1-34-18-9-7-16(8-10-18)26(33)36-23-20(27)12-15(13-22(23)35-2)11-17(14-28)24(30)29-21-6-4-3-5-19(21)25(31)32/h3-13H,1-2H3,(H,29,30)(H,31,32)/b17-11+. The molecule has 3 rings (SSSR count). The monoisotopic (exact) mass is 550 g/mol. The van der Waals surface area contributed by atoms with Gasteiger partial charge in [0.25, 0.3) is 5.91 Å². The maximum absolute atomic E-state index is 12.7. The smallest absolute Gasteiger partial charge is 0.343 e. The Morgan fingerprint density at radius 1 is 1.03 bits per heavy atom. The van der Waals surface area contributed by atoms with Crippen LogP contribution in [0.4, 0.5) is 5.69 Å². The lowest BCUT2D eigenvalue weighted by atomic mass is 10.1. The highest BCUT2D eigenvalue weighted by atomic mass is 79.9. The molecule has 0 atom stereocenters. The number of carbonyl (C=O) groups excluding carboxylic acids is 2. The molecule has 0 heterocycles. The molecule has 0 spiro atoms. The van der Waals surface area contributed by atoms with E-state index in [1.165, 1.54) is 50.6 Å². The Labute approximate surface area is 214 Å². The van der Waals surface area contributed by atoms with Gasteiger partial charge in [-0.25, -0.2) is 9.59 Å². The number of nitriles is 1. The summed E-state index contributed by atoms with van der Waals surface area (Å²) in [4.78, 5) is 36.6. The Morgan fingerprint density at radius 3 is 2.33 bits per heavy atom. The first-order valence-electron chi connectivity index (χ1n) is 10.3. The second-order valence-electron chi connectivity index (χ2n) is 7.13. The Bertz CT molecular complexity index is 1390. The molecule has 0 bridgehead atoms. The fourth-order valence-electron chi connectivity index (χ4n) is 3.08. The van der Waals surface area contributed by atoms with Gasteiger partial charge in [0.15, 0.2) is 11.5 Å². The number of nitrogens with one attached hydrogen (secondary N) is 1. The van der Waals surface area contributed by atoms with Gasteiger partial charge in [-0.05, 0) is 76.1 Å². The van der Waals surface area contributed by atoms with E-state index in [4.69, 9.17) is 14.2 Å². The van der Waals surface area contributed by atoms with Crippen molar-refractivity contribution in [3.63, 3.8) is 0 Å². The van der Waals surface area contributed by atoms with Crippen molar-refractivity contribution in [1.29, 1.82) is 5.26 Å². The summed E-state index contributed by atoms with van der Waals surface area (Å²) in [6.45, 7) is 0. The first-order valence-corrected chi connectivity index (χ1v) is 11.1. The van der Waals surface area contributed by atoms with Gasteiger partial charge in [0, 0.05) is 0 Å². The average Bonchev–Trinajstić information content (AvgIpc) is 2.88. The summed E-state index contributed by atoms with van der Waals surface area (Å²) >= 11 is 3.34. The second-order valence-corrected chi connectivity index (χ2v) is 7.98. The number of aromatic carboxylic acids is 1. The molecule has 1 amide bonds. The summed E-state index contributed by atoms with van der Waals surface area (Å²) < 4.78 is 16.3. The number of esters is 1. The van der Waals surface area contributed by atoms with Gasteiger partial charge in [-0.15, -0.1) is 0 Å². The van der Waals surface area contributed by atoms with Gasteiger partial charge in [-0.1, -0.05) is 12.1 Å². The number of amides is 1. The molecule has 0 aliphatic heterocycles. The molecule has 0 aliphatic carbocycles. The van der Waals surface area contributed by atoms with E-state index >= 15 is 0 Å². The number of carboxylic acids is 1. The largest absolute Gasteiger partial charge is 0.497 e. The second kappa shape index (κ2) is 11.7. The fourth-order valence-corrected chi connectivity index (χ4v) is 3.63. The summed E-state index contributed by atoms with van der Waals surface area (Å²) in [6.07, 6.45) is 1.29. The first-order chi connectivity index (χ1) is 17.3. The lowest BCUT2D eigenvalue weighted by molar-refractivity contribution is -0.112. The summed E-state index contributed by atoms with van der Waals surface area (Å²) in [7, 11) is 2.89. The van der Waals surface area contributed by atoms with Crippen molar-refractivity contribution >= 4 is 45.5 Å². The van der Waals surface area contributed by atoms with E-state index in [-0.39, 0.29) is 28.3 Å². The third-order valence-corrected chi connectivity index (χ3v) is 5.44. The van der Waals surface area contributed by atoms with E-state index in [9.17, 15) is 24.8 Å². The molecule has 36 heavy (non-hydrogen) atoms. The van der Waals surface area contributed by atoms with Crippen molar-refractivity contribution in [3.8, 4) is 23.3 Å². The number of anilines is 1. The third-order valence-electron chi connectivity index (χ3n) is 4.85. The van der Waals surface area contributed by atoms with E-state index < -0.39 is 17.8 Å². The van der Waals surface area contributed by atoms with Gasteiger partial charge < -0.3 is 24.6 Å². The van der Waals surface area contributed by atoms with Crippen LogP contribution in [0.2, 0.25) is 0 Å². The maximum atomic E-state index is 12.7. The highest BCUT2D eigenvalue weighted by molar-refractivity contribution is 9.10. The molecule has 0 unspecified atom stereocenters. The highest BCUT2D eigenvalue weighted by Crippen LogP contribution is 2.38. The Kier molecular flexibility index (Phi) is 8.43. The van der Waals surface area contributed by atoms with E-state index in [2.05, 4.69) is 21.2 Å². The zero-order valence-corrected chi connectivity index (χ0v) is 20.7. The number of methoxy groups -OCH3 is 2. The van der Waals surface area contributed by atoms with Crippen molar-refractivity contribution in [2.24, 2.45) is 0 Å². The molecule has 0 saturated carbocycles. The fraction of sp³-hybridized carbons (Fsp3) is 0.0769. The molecule has 3 aromatic carbocycles. The molecular formula is C26H19BrN2O7. The number of halogens is 1. The van der Waals surface area contributed by atoms with E-state index in [0.29, 0.717) is 21.3 Å². The third kappa shape index (κ3) is 6.08. The van der Waals surface area contributed by atoms with Crippen LogP contribution < -0.4 is 19.5 Å². The predicted molar refractivity (Wildman–Crippen MR) is 134 cm³/mol. The highest BCUT2D eigenvalue weighted by Gasteiger charge is 2.19. The van der Waals surface area contributed by atoms with Crippen LogP contribution in [0.25, 0.3) is 6.08 Å². The zero-order chi connectivity index (χ0) is 26.2. The lowest BCUT2D eigenvalue weighted by Gasteiger charge is -2.13. The van der Waals surface area contributed by atoms with Crippen molar-refractivity contribution in [2.45, 2.75) is 0 Å². The van der Waals surface area contributed by atoms with Crippen LogP contribution in [-0.2, 0) is 4.79 Å². The first kappa shape index (κ1) is 26.0.